The zero-order valence-electron chi connectivity index (χ0n) is 7.60. The lowest BCUT2D eigenvalue weighted by Crippen LogP contribution is -2.04. The summed E-state index contributed by atoms with van der Waals surface area (Å²) in [6.07, 6.45) is 2.48. The molecule has 0 radical (unpaired) electrons. The van der Waals surface area contributed by atoms with Crippen LogP contribution in [0.4, 0.5) is 11.4 Å². The van der Waals surface area contributed by atoms with Gasteiger partial charge in [-0.05, 0) is 37.5 Å². The Bertz CT molecular complexity index is 332. The number of hydrogen-bond donors (Lipinski definition) is 2. The molecule has 0 heterocycles. The summed E-state index contributed by atoms with van der Waals surface area (Å²) in [5, 5.41) is 4.12. The number of rotatable bonds is 2. The fourth-order valence-electron chi connectivity index (χ4n) is 1.28. The minimum atomic E-state index is 0.612. The lowest BCUT2D eigenvalue weighted by Gasteiger charge is -2.09. The van der Waals surface area contributed by atoms with E-state index in [-0.39, 0.29) is 0 Å². The second-order valence-electron chi connectivity index (χ2n) is 3.61. The first-order valence-corrected chi connectivity index (χ1v) is 4.87. The molecule has 0 aromatic heterocycles. The third-order valence-corrected chi connectivity index (χ3v) is 2.67. The van der Waals surface area contributed by atoms with E-state index in [9.17, 15) is 0 Å². The van der Waals surface area contributed by atoms with E-state index in [1.54, 1.807) is 0 Å². The van der Waals surface area contributed by atoms with E-state index in [0.717, 1.165) is 22.0 Å². The number of benzene rings is 1. The lowest BCUT2D eigenvalue weighted by atomic mass is 10.2. The zero-order chi connectivity index (χ0) is 9.42. The van der Waals surface area contributed by atoms with Gasteiger partial charge in [0, 0.05) is 11.1 Å². The molecule has 70 valence electrons. The molecule has 1 fully saturated rings. The molecule has 2 nitrogen and oxygen atoms in total. The second-order valence-corrected chi connectivity index (χ2v) is 4.01. The Hall–Kier alpha value is -0.890. The number of nitrogen functional groups attached to an aromatic ring is 1. The number of nitrogens with two attached hydrogens (primary N) is 1. The summed E-state index contributed by atoms with van der Waals surface area (Å²) in [5.41, 5.74) is 8.63. The van der Waals surface area contributed by atoms with Gasteiger partial charge >= 0.3 is 0 Å². The quantitative estimate of drug-likeness (QED) is 0.714. The predicted molar refractivity (Wildman–Crippen MR) is 57.2 cm³/mol. The molecule has 2 rings (SSSR count). The van der Waals surface area contributed by atoms with E-state index < -0.39 is 0 Å². The van der Waals surface area contributed by atoms with Crippen LogP contribution in [0.3, 0.4) is 0 Å². The Balaban J connectivity index is 2.27. The predicted octanol–water partition coefficient (Wildman–Crippen LogP) is 2.80. The van der Waals surface area contributed by atoms with Gasteiger partial charge in [-0.1, -0.05) is 11.6 Å². The number of hydrogen-bond acceptors (Lipinski definition) is 2. The lowest BCUT2D eigenvalue weighted by molar-refractivity contribution is 1.16. The van der Waals surface area contributed by atoms with Crippen LogP contribution in [0.2, 0.25) is 5.02 Å². The highest BCUT2D eigenvalue weighted by molar-refractivity contribution is 6.31. The van der Waals surface area contributed by atoms with Crippen molar-refractivity contribution in [2.75, 3.05) is 11.1 Å². The van der Waals surface area contributed by atoms with Crippen LogP contribution in [0.5, 0.6) is 0 Å². The average molecular weight is 197 g/mol. The van der Waals surface area contributed by atoms with Gasteiger partial charge in [0.05, 0.1) is 11.4 Å². The minimum absolute atomic E-state index is 0.612. The van der Waals surface area contributed by atoms with Gasteiger partial charge in [0.15, 0.2) is 0 Å². The molecule has 0 bridgehead atoms. The van der Waals surface area contributed by atoms with Gasteiger partial charge in [0.1, 0.15) is 0 Å². The normalized spacial score (nSPS) is 15.8. The molecule has 1 aromatic rings. The molecule has 1 saturated carbocycles. The monoisotopic (exact) mass is 196 g/mol. The largest absolute Gasteiger partial charge is 0.397 e. The van der Waals surface area contributed by atoms with Gasteiger partial charge in [-0.25, -0.2) is 0 Å². The van der Waals surface area contributed by atoms with Crippen molar-refractivity contribution in [1.82, 2.24) is 0 Å². The topological polar surface area (TPSA) is 38.0 Å². The smallest absolute Gasteiger partial charge is 0.0591 e. The van der Waals surface area contributed by atoms with E-state index in [1.165, 1.54) is 12.8 Å². The van der Waals surface area contributed by atoms with Crippen molar-refractivity contribution in [3.63, 3.8) is 0 Å². The fraction of sp³-hybridized carbons (Fsp3) is 0.400. The van der Waals surface area contributed by atoms with Gasteiger partial charge in [-0.3, -0.25) is 0 Å². The van der Waals surface area contributed by atoms with Crippen molar-refractivity contribution in [2.45, 2.75) is 25.8 Å². The number of anilines is 2. The molecule has 0 aliphatic heterocycles. The summed E-state index contributed by atoms with van der Waals surface area (Å²) in [5.74, 6) is 0. The third-order valence-electron chi connectivity index (χ3n) is 2.27. The van der Waals surface area contributed by atoms with Crippen molar-refractivity contribution in [3.8, 4) is 0 Å². The highest BCUT2D eigenvalue weighted by Gasteiger charge is 2.21. The first-order chi connectivity index (χ1) is 6.16. The summed E-state index contributed by atoms with van der Waals surface area (Å²) in [7, 11) is 0. The van der Waals surface area contributed by atoms with Crippen LogP contribution in [0, 0.1) is 6.92 Å². The van der Waals surface area contributed by atoms with E-state index in [2.05, 4.69) is 5.32 Å². The maximum Gasteiger partial charge on any atom is 0.0591 e. The molecular formula is C10H13ClN2. The van der Waals surface area contributed by atoms with Gasteiger partial charge in [-0.15, -0.1) is 0 Å². The van der Waals surface area contributed by atoms with Crippen LogP contribution in [-0.2, 0) is 0 Å². The molecule has 3 heteroatoms. The van der Waals surface area contributed by atoms with Crippen molar-refractivity contribution in [2.24, 2.45) is 0 Å². The maximum absolute atomic E-state index is 5.99. The average Bonchev–Trinajstić information content (AvgIpc) is 2.84. The third kappa shape index (κ3) is 1.89. The molecule has 0 unspecified atom stereocenters. The highest BCUT2D eigenvalue weighted by Crippen LogP contribution is 2.31. The van der Waals surface area contributed by atoms with Crippen LogP contribution in [0.15, 0.2) is 12.1 Å². The number of halogens is 1. The van der Waals surface area contributed by atoms with Gasteiger partial charge < -0.3 is 11.1 Å². The Morgan fingerprint density at radius 3 is 2.77 bits per heavy atom. The van der Waals surface area contributed by atoms with Crippen molar-refractivity contribution >= 4 is 23.0 Å². The number of aryl methyl sites for hydroxylation is 1. The standard InChI is InChI=1S/C10H13ClN2/c1-6-4-9(12)10(5-8(6)11)13-7-2-3-7/h4-5,7,13H,2-3,12H2,1H3. The summed E-state index contributed by atoms with van der Waals surface area (Å²) in [6, 6.07) is 4.43. The zero-order valence-corrected chi connectivity index (χ0v) is 8.36. The summed E-state index contributed by atoms with van der Waals surface area (Å²) >= 11 is 5.99. The molecule has 0 amide bonds. The minimum Gasteiger partial charge on any atom is -0.397 e. The molecule has 0 saturated heterocycles. The van der Waals surface area contributed by atoms with Gasteiger partial charge in [0.25, 0.3) is 0 Å². The summed E-state index contributed by atoms with van der Waals surface area (Å²) in [6.45, 7) is 1.96. The SMILES string of the molecule is Cc1cc(N)c(NC2CC2)cc1Cl. The van der Waals surface area contributed by atoms with E-state index in [4.69, 9.17) is 17.3 Å². The van der Waals surface area contributed by atoms with Crippen molar-refractivity contribution in [1.29, 1.82) is 0 Å². The Morgan fingerprint density at radius 2 is 2.15 bits per heavy atom. The van der Waals surface area contributed by atoms with E-state index in [0.29, 0.717) is 6.04 Å². The maximum atomic E-state index is 5.99. The summed E-state index contributed by atoms with van der Waals surface area (Å²) in [4.78, 5) is 0. The van der Waals surface area contributed by atoms with Crippen molar-refractivity contribution < 1.29 is 0 Å². The molecule has 1 aliphatic rings. The van der Waals surface area contributed by atoms with E-state index in [1.807, 2.05) is 19.1 Å². The Morgan fingerprint density at radius 1 is 1.46 bits per heavy atom. The molecular weight excluding hydrogens is 184 g/mol. The van der Waals surface area contributed by atoms with E-state index >= 15 is 0 Å². The Labute approximate surface area is 83.1 Å². The van der Waals surface area contributed by atoms with Crippen LogP contribution in [0.25, 0.3) is 0 Å². The molecule has 3 N–H and O–H groups in total. The number of nitrogens with one attached hydrogen (secondary N) is 1. The second kappa shape index (κ2) is 3.11. The van der Waals surface area contributed by atoms with Crippen LogP contribution < -0.4 is 11.1 Å². The van der Waals surface area contributed by atoms with Gasteiger partial charge in [-0.2, -0.15) is 0 Å². The van der Waals surface area contributed by atoms with Gasteiger partial charge in [0.2, 0.25) is 0 Å². The first-order valence-electron chi connectivity index (χ1n) is 4.49. The van der Waals surface area contributed by atoms with Crippen LogP contribution in [-0.4, -0.2) is 6.04 Å². The summed E-state index contributed by atoms with van der Waals surface area (Å²) < 4.78 is 0. The Kier molecular flexibility index (Phi) is 2.08. The van der Waals surface area contributed by atoms with Crippen LogP contribution in [0.1, 0.15) is 18.4 Å². The fourth-order valence-corrected chi connectivity index (χ4v) is 1.44. The van der Waals surface area contributed by atoms with Crippen LogP contribution >= 0.6 is 11.6 Å². The molecule has 0 atom stereocenters. The van der Waals surface area contributed by atoms with Crippen molar-refractivity contribution in [3.05, 3.63) is 22.7 Å². The highest BCUT2D eigenvalue weighted by atomic mass is 35.5. The molecule has 1 aromatic carbocycles. The molecule has 13 heavy (non-hydrogen) atoms. The first kappa shape index (κ1) is 8.70. The molecule has 1 aliphatic carbocycles. The molecule has 0 spiro atoms.